The van der Waals surface area contributed by atoms with Crippen molar-refractivity contribution < 1.29 is 9.59 Å². The number of nitrogens with one attached hydrogen (secondary N) is 2. The first kappa shape index (κ1) is 17.7. The van der Waals surface area contributed by atoms with E-state index >= 15 is 0 Å². The van der Waals surface area contributed by atoms with Crippen molar-refractivity contribution in [1.82, 2.24) is 5.32 Å². The smallest absolute Gasteiger partial charge is 0.265 e. The Kier molecular flexibility index (Phi) is 6.23. The lowest BCUT2D eigenvalue weighted by molar-refractivity contribution is 0.0929. The minimum atomic E-state index is -0.146. The average molecular weight is 356 g/mol. The van der Waals surface area contributed by atoms with Gasteiger partial charge in [0, 0.05) is 17.3 Å². The third kappa shape index (κ3) is 5.16. The molecule has 1 aliphatic rings. The Balaban J connectivity index is 1.61. The number of thiophene rings is 1. The Morgan fingerprint density at radius 2 is 1.68 bits per heavy atom. The van der Waals surface area contributed by atoms with Gasteiger partial charge in [-0.3, -0.25) is 9.59 Å². The van der Waals surface area contributed by atoms with Crippen molar-refractivity contribution in [2.45, 2.75) is 51.0 Å². The third-order valence-electron chi connectivity index (χ3n) is 4.57. The van der Waals surface area contributed by atoms with E-state index in [0.29, 0.717) is 16.1 Å². The van der Waals surface area contributed by atoms with E-state index in [9.17, 15) is 9.59 Å². The van der Waals surface area contributed by atoms with Crippen LogP contribution in [0, 0.1) is 0 Å². The topological polar surface area (TPSA) is 58.2 Å². The minimum Gasteiger partial charge on any atom is -0.349 e. The highest BCUT2D eigenvalue weighted by molar-refractivity contribution is 7.12. The molecule has 0 saturated heterocycles. The predicted molar refractivity (Wildman–Crippen MR) is 102 cm³/mol. The lowest BCUT2D eigenvalue weighted by Crippen LogP contribution is -2.35. The number of hydrogen-bond acceptors (Lipinski definition) is 3. The van der Waals surface area contributed by atoms with Crippen molar-refractivity contribution >= 4 is 28.8 Å². The molecule has 2 N–H and O–H groups in total. The van der Waals surface area contributed by atoms with Crippen LogP contribution in [-0.2, 0) is 0 Å². The van der Waals surface area contributed by atoms with Crippen molar-refractivity contribution in [3.63, 3.8) is 0 Å². The van der Waals surface area contributed by atoms with Gasteiger partial charge >= 0.3 is 0 Å². The van der Waals surface area contributed by atoms with Gasteiger partial charge in [0.05, 0.1) is 4.88 Å². The monoisotopic (exact) mass is 356 g/mol. The van der Waals surface area contributed by atoms with E-state index in [1.807, 2.05) is 11.4 Å². The molecule has 1 heterocycles. The predicted octanol–water partition coefficient (Wildman–Crippen LogP) is 4.84. The molecule has 132 valence electrons. The number of amides is 2. The fraction of sp³-hybridized carbons (Fsp3) is 0.400. The van der Waals surface area contributed by atoms with Crippen LogP contribution >= 0.6 is 11.3 Å². The van der Waals surface area contributed by atoms with Gasteiger partial charge in [0.2, 0.25) is 0 Å². The maximum absolute atomic E-state index is 12.6. The van der Waals surface area contributed by atoms with Gasteiger partial charge < -0.3 is 10.6 Å². The Hall–Kier alpha value is -2.14. The second-order valence-corrected chi connectivity index (χ2v) is 7.48. The summed E-state index contributed by atoms with van der Waals surface area (Å²) in [5, 5.41) is 7.88. The zero-order valence-corrected chi connectivity index (χ0v) is 15.1. The Bertz CT molecular complexity index is 704. The van der Waals surface area contributed by atoms with Crippen LogP contribution < -0.4 is 10.6 Å². The van der Waals surface area contributed by atoms with Crippen LogP contribution in [0.3, 0.4) is 0 Å². The van der Waals surface area contributed by atoms with Crippen molar-refractivity contribution in [3.8, 4) is 0 Å². The Labute approximate surface area is 152 Å². The van der Waals surface area contributed by atoms with Crippen molar-refractivity contribution in [2.75, 3.05) is 5.32 Å². The number of benzene rings is 1. The highest BCUT2D eigenvalue weighted by Crippen LogP contribution is 2.19. The number of rotatable bonds is 4. The fourth-order valence-electron chi connectivity index (χ4n) is 3.21. The van der Waals surface area contributed by atoms with Gasteiger partial charge in [0.1, 0.15) is 0 Å². The first-order chi connectivity index (χ1) is 12.2. The molecule has 25 heavy (non-hydrogen) atoms. The minimum absolute atomic E-state index is 0.0576. The molecule has 4 nitrogen and oxygen atoms in total. The van der Waals surface area contributed by atoms with Crippen LogP contribution in [0.25, 0.3) is 0 Å². The maximum atomic E-state index is 12.6. The summed E-state index contributed by atoms with van der Waals surface area (Å²) in [5.74, 6) is -0.203. The fourth-order valence-corrected chi connectivity index (χ4v) is 3.83. The van der Waals surface area contributed by atoms with Gasteiger partial charge in [-0.2, -0.15) is 0 Å². The van der Waals surface area contributed by atoms with Gasteiger partial charge in [-0.25, -0.2) is 0 Å². The van der Waals surface area contributed by atoms with E-state index in [-0.39, 0.29) is 17.9 Å². The van der Waals surface area contributed by atoms with Crippen molar-refractivity contribution in [1.29, 1.82) is 0 Å². The molecule has 0 spiro atoms. The van der Waals surface area contributed by atoms with Gasteiger partial charge in [0.25, 0.3) is 11.8 Å². The number of hydrogen-bond donors (Lipinski definition) is 2. The Morgan fingerprint density at radius 3 is 2.40 bits per heavy atom. The second kappa shape index (κ2) is 8.81. The lowest BCUT2D eigenvalue weighted by Gasteiger charge is -2.21. The van der Waals surface area contributed by atoms with E-state index in [1.54, 1.807) is 30.3 Å². The summed E-state index contributed by atoms with van der Waals surface area (Å²) in [7, 11) is 0. The molecule has 1 aromatic heterocycles. The Morgan fingerprint density at radius 1 is 0.920 bits per heavy atom. The van der Waals surface area contributed by atoms with Gasteiger partial charge in [-0.05, 0) is 42.5 Å². The summed E-state index contributed by atoms with van der Waals surface area (Å²) in [6.07, 6.45) is 8.31. The van der Waals surface area contributed by atoms with Crippen LogP contribution in [0.4, 0.5) is 5.69 Å². The number of carbonyl (C=O) groups excluding carboxylic acids is 2. The van der Waals surface area contributed by atoms with Crippen molar-refractivity contribution in [3.05, 3.63) is 52.2 Å². The highest BCUT2D eigenvalue weighted by Gasteiger charge is 2.16. The molecule has 0 atom stereocenters. The summed E-state index contributed by atoms with van der Waals surface area (Å²) in [6, 6.07) is 11.0. The summed E-state index contributed by atoms with van der Waals surface area (Å²) >= 11 is 1.40. The van der Waals surface area contributed by atoms with Crippen LogP contribution in [-0.4, -0.2) is 17.9 Å². The molecule has 0 bridgehead atoms. The molecule has 0 radical (unpaired) electrons. The first-order valence-electron chi connectivity index (χ1n) is 8.98. The molecule has 1 fully saturated rings. The largest absolute Gasteiger partial charge is 0.349 e. The normalized spacial score (nSPS) is 15.8. The quantitative estimate of drug-likeness (QED) is 0.823. The van der Waals surface area contributed by atoms with Crippen LogP contribution in [0.15, 0.2) is 41.8 Å². The molecule has 2 aromatic rings. The average Bonchev–Trinajstić information content (AvgIpc) is 3.12. The summed E-state index contributed by atoms with van der Waals surface area (Å²) in [4.78, 5) is 25.4. The molecule has 0 unspecified atom stereocenters. The standard InChI is InChI=1S/C20H24N2O2S/c23-19(21-16-9-4-2-1-3-5-10-16)15-8-6-11-17(14-15)22-20(24)18-12-7-13-25-18/h6-8,11-14,16H,1-5,9-10H2,(H,21,23)(H,22,24). The van der Waals surface area contributed by atoms with E-state index in [4.69, 9.17) is 0 Å². The van der Waals surface area contributed by atoms with Crippen LogP contribution in [0.2, 0.25) is 0 Å². The zero-order chi connectivity index (χ0) is 17.5. The van der Waals surface area contributed by atoms with Crippen LogP contribution in [0.1, 0.15) is 65.0 Å². The summed E-state index contributed by atoms with van der Waals surface area (Å²) in [5.41, 5.74) is 1.23. The van der Waals surface area contributed by atoms with E-state index in [1.165, 1.54) is 43.4 Å². The van der Waals surface area contributed by atoms with Gasteiger partial charge in [-0.1, -0.05) is 44.2 Å². The third-order valence-corrected chi connectivity index (χ3v) is 5.44. The first-order valence-corrected chi connectivity index (χ1v) is 9.86. The second-order valence-electron chi connectivity index (χ2n) is 6.53. The lowest BCUT2D eigenvalue weighted by atomic mass is 9.96. The van der Waals surface area contributed by atoms with Gasteiger partial charge in [0.15, 0.2) is 0 Å². The molecule has 0 aliphatic heterocycles. The molecule has 2 amide bonds. The molecular weight excluding hydrogens is 332 g/mol. The van der Waals surface area contributed by atoms with E-state index in [0.717, 1.165) is 12.8 Å². The number of carbonyl (C=O) groups is 2. The summed E-state index contributed by atoms with van der Waals surface area (Å²) in [6.45, 7) is 0. The molecule has 1 aliphatic carbocycles. The van der Waals surface area contributed by atoms with Gasteiger partial charge in [-0.15, -0.1) is 11.3 Å². The molecular formula is C20H24N2O2S. The molecule has 3 rings (SSSR count). The zero-order valence-electron chi connectivity index (χ0n) is 14.3. The van der Waals surface area contributed by atoms with E-state index < -0.39 is 0 Å². The summed E-state index contributed by atoms with van der Waals surface area (Å²) < 4.78 is 0. The number of anilines is 1. The molecule has 5 heteroatoms. The highest BCUT2D eigenvalue weighted by atomic mass is 32.1. The SMILES string of the molecule is O=C(NC1CCCCCCC1)c1cccc(NC(=O)c2cccs2)c1. The van der Waals surface area contributed by atoms with Crippen molar-refractivity contribution in [2.24, 2.45) is 0 Å². The van der Waals surface area contributed by atoms with Crippen LogP contribution in [0.5, 0.6) is 0 Å². The van der Waals surface area contributed by atoms with E-state index in [2.05, 4.69) is 10.6 Å². The molecule has 1 aromatic carbocycles. The maximum Gasteiger partial charge on any atom is 0.265 e. The molecule has 1 saturated carbocycles.